The molecular weight excluding hydrogens is 276 g/mol. The second kappa shape index (κ2) is 4.17. The summed E-state index contributed by atoms with van der Waals surface area (Å²) in [5.74, 6) is -3.67. The highest BCUT2D eigenvalue weighted by Crippen LogP contribution is 2.37. The molecule has 21 heavy (non-hydrogen) atoms. The number of carboxylic acid groups (broad SMARTS) is 3. The molecule has 0 heterocycles. The van der Waals surface area contributed by atoms with Gasteiger partial charge >= 0.3 is 17.9 Å². The average molecular weight is 284 g/mol. The van der Waals surface area contributed by atoms with Gasteiger partial charge in [0, 0.05) is 0 Å². The summed E-state index contributed by atoms with van der Waals surface area (Å²) in [7, 11) is 0. The molecule has 0 bridgehead atoms. The monoisotopic (exact) mass is 284 g/mol. The van der Waals surface area contributed by atoms with Gasteiger partial charge in [0.25, 0.3) is 0 Å². The normalized spacial score (nSPS) is 11.8. The summed E-state index contributed by atoms with van der Waals surface area (Å²) in [6, 6.07) is 3.82. The average Bonchev–Trinajstić information content (AvgIpc) is 2.84. The third-order valence-electron chi connectivity index (χ3n) is 3.49. The summed E-state index contributed by atoms with van der Waals surface area (Å²) in [5.41, 5.74) is 0.364. The van der Waals surface area contributed by atoms with E-state index in [0.29, 0.717) is 21.9 Å². The Morgan fingerprint density at radius 3 is 1.76 bits per heavy atom. The van der Waals surface area contributed by atoms with Crippen LogP contribution in [0.25, 0.3) is 22.9 Å². The van der Waals surface area contributed by atoms with E-state index in [1.807, 2.05) is 0 Å². The highest BCUT2D eigenvalue weighted by Gasteiger charge is 2.25. The van der Waals surface area contributed by atoms with Crippen LogP contribution in [0, 0.1) is 0 Å². The fraction of sp³-hybridized carbons (Fsp3) is 0. The van der Waals surface area contributed by atoms with E-state index < -0.39 is 17.9 Å². The van der Waals surface area contributed by atoms with Crippen molar-refractivity contribution in [2.24, 2.45) is 0 Å². The van der Waals surface area contributed by atoms with Crippen molar-refractivity contribution in [3.05, 3.63) is 46.0 Å². The van der Waals surface area contributed by atoms with Gasteiger partial charge in [0.1, 0.15) is 0 Å². The van der Waals surface area contributed by atoms with Crippen molar-refractivity contribution < 1.29 is 29.7 Å². The van der Waals surface area contributed by atoms with Gasteiger partial charge in [-0.2, -0.15) is 0 Å². The van der Waals surface area contributed by atoms with Crippen LogP contribution in [0.3, 0.4) is 0 Å². The van der Waals surface area contributed by atoms with Crippen molar-refractivity contribution in [1.82, 2.24) is 0 Å². The van der Waals surface area contributed by atoms with Gasteiger partial charge < -0.3 is 15.3 Å². The summed E-state index contributed by atoms with van der Waals surface area (Å²) < 4.78 is 0. The van der Waals surface area contributed by atoms with Crippen molar-refractivity contribution in [3.8, 4) is 0 Å². The number of benzene rings is 2. The molecule has 0 fully saturated rings. The van der Waals surface area contributed by atoms with Gasteiger partial charge in [-0.15, -0.1) is 0 Å². The molecule has 0 spiro atoms. The molecule has 0 aromatic heterocycles. The zero-order chi connectivity index (χ0) is 15.3. The van der Waals surface area contributed by atoms with Gasteiger partial charge in [0.15, 0.2) is 0 Å². The zero-order valence-corrected chi connectivity index (χ0v) is 10.5. The second-order valence-electron chi connectivity index (χ2n) is 4.58. The van der Waals surface area contributed by atoms with Crippen LogP contribution in [0.15, 0.2) is 18.2 Å². The Morgan fingerprint density at radius 2 is 1.24 bits per heavy atom. The van der Waals surface area contributed by atoms with E-state index in [4.69, 9.17) is 5.11 Å². The van der Waals surface area contributed by atoms with Gasteiger partial charge in [-0.3, -0.25) is 0 Å². The van der Waals surface area contributed by atoms with Crippen LogP contribution in [0.1, 0.15) is 42.2 Å². The lowest BCUT2D eigenvalue weighted by atomic mass is 9.93. The maximum absolute atomic E-state index is 11.3. The van der Waals surface area contributed by atoms with Gasteiger partial charge in [-0.05, 0) is 34.0 Å². The molecule has 0 amide bonds. The molecule has 0 saturated carbocycles. The Hall–Kier alpha value is -3.15. The third kappa shape index (κ3) is 1.69. The maximum atomic E-state index is 11.3. The molecule has 2 aromatic rings. The van der Waals surface area contributed by atoms with Crippen molar-refractivity contribution in [3.63, 3.8) is 0 Å². The van der Waals surface area contributed by atoms with E-state index in [1.165, 1.54) is 24.3 Å². The Balaban J connectivity index is 2.54. The van der Waals surface area contributed by atoms with Crippen molar-refractivity contribution in [2.45, 2.75) is 0 Å². The molecule has 0 unspecified atom stereocenters. The summed E-state index contributed by atoms with van der Waals surface area (Å²) in [6.45, 7) is 0. The zero-order valence-electron chi connectivity index (χ0n) is 10.5. The predicted octanol–water partition coefficient (Wildman–Crippen LogP) is 2.42. The van der Waals surface area contributed by atoms with Crippen LogP contribution in [0.2, 0.25) is 0 Å². The summed E-state index contributed by atoms with van der Waals surface area (Å²) in [4.78, 5) is 33.8. The molecule has 1 aliphatic carbocycles. The number of hydrogen-bond acceptors (Lipinski definition) is 3. The van der Waals surface area contributed by atoms with E-state index in [9.17, 15) is 24.6 Å². The second-order valence-corrected chi connectivity index (χ2v) is 4.58. The maximum Gasteiger partial charge on any atom is 0.336 e. The summed E-state index contributed by atoms with van der Waals surface area (Å²) >= 11 is 0. The number of carbonyl (C=O) groups is 3. The lowest BCUT2D eigenvalue weighted by Crippen LogP contribution is -2.07. The van der Waals surface area contributed by atoms with Crippen LogP contribution < -0.4 is 0 Å². The Morgan fingerprint density at radius 1 is 0.714 bits per heavy atom. The molecule has 2 aromatic carbocycles. The molecule has 0 radical (unpaired) electrons. The number of aromatic carboxylic acids is 3. The fourth-order valence-electron chi connectivity index (χ4n) is 2.62. The highest BCUT2D eigenvalue weighted by molar-refractivity contribution is 6.19. The molecule has 0 saturated heterocycles. The predicted molar refractivity (Wildman–Crippen MR) is 73.8 cm³/mol. The number of hydrogen-bond donors (Lipinski definition) is 3. The highest BCUT2D eigenvalue weighted by atomic mass is 16.4. The SMILES string of the molecule is O=C(O)c1ccc2c(C(=O)O)cc(C(=O)O)c3c2c1C=C3. The van der Waals surface area contributed by atoms with E-state index >= 15 is 0 Å². The van der Waals surface area contributed by atoms with Crippen LogP contribution in [0.5, 0.6) is 0 Å². The Bertz CT molecular complexity index is 863. The van der Waals surface area contributed by atoms with E-state index in [1.54, 1.807) is 0 Å². The van der Waals surface area contributed by atoms with Crippen LogP contribution >= 0.6 is 0 Å². The minimum atomic E-state index is -1.26. The standard InChI is InChI=1S/C15H8O6/c16-13(17)9-4-3-8-11(15(20)21)5-10(14(18)19)7-2-1-6(9)12(7)8/h1-5H,(H,16,17)(H,18,19)(H,20,21). The van der Waals surface area contributed by atoms with Crippen molar-refractivity contribution in [2.75, 3.05) is 0 Å². The van der Waals surface area contributed by atoms with Gasteiger partial charge in [0.2, 0.25) is 0 Å². The summed E-state index contributed by atoms with van der Waals surface area (Å²) in [5, 5.41) is 28.3. The molecule has 0 atom stereocenters. The third-order valence-corrected chi connectivity index (χ3v) is 3.49. The first-order chi connectivity index (χ1) is 9.91. The van der Waals surface area contributed by atoms with Crippen LogP contribution in [-0.4, -0.2) is 33.2 Å². The van der Waals surface area contributed by atoms with E-state index in [0.717, 1.165) is 6.07 Å². The fourth-order valence-corrected chi connectivity index (χ4v) is 2.62. The number of carboxylic acids is 3. The smallest absolute Gasteiger partial charge is 0.336 e. The van der Waals surface area contributed by atoms with Crippen LogP contribution in [0.4, 0.5) is 0 Å². The van der Waals surface area contributed by atoms with E-state index in [2.05, 4.69) is 0 Å². The first kappa shape index (κ1) is 12.9. The molecule has 6 heteroatoms. The lowest BCUT2D eigenvalue weighted by molar-refractivity contribution is 0.0683. The molecule has 1 aliphatic rings. The topological polar surface area (TPSA) is 112 Å². The first-order valence-electron chi connectivity index (χ1n) is 5.93. The van der Waals surface area contributed by atoms with Gasteiger partial charge in [0.05, 0.1) is 16.7 Å². The molecular formula is C15H8O6. The quantitative estimate of drug-likeness (QED) is 0.681. The minimum Gasteiger partial charge on any atom is -0.478 e. The molecule has 104 valence electrons. The Labute approximate surface area is 117 Å². The van der Waals surface area contributed by atoms with Crippen LogP contribution in [-0.2, 0) is 0 Å². The largest absolute Gasteiger partial charge is 0.478 e. The minimum absolute atomic E-state index is 0.0105. The molecule has 0 aliphatic heterocycles. The molecule has 6 nitrogen and oxygen atoms in total. The first-order valence-corrected chi connectivity index (χ1v) is 5.93. The van der Waals surface area contributed by atoms with Gasteiger partial charge in [-0.1, -0.05) is 18.2 Å². The van der Waals surface area contributed by atoms with E-state index in [-0.39, 0.29) is 16.7 Å². The van der Waals surface area contributed by atoms with Crippen molar-refractivity contribution in [1.29, 1.82) is 0 Å². The summed E-state index contributed by atoms with van der Waals surface area (Å²) in [6.07, 6.45) is 3.00. The lowest BCUT2D eigenvalue weighted by Gasteiger charge is -2.10. The van der Waals surface area contributed by atoms with Gasteiger partial charge in [-0.25, -0.2) is 14.4 Å². The number of rotatable bonds is 3. The Kier molecular flexibility index (Phi) is 2.56. The van der Waals surface area contributed by atoms with Crippen molar-refractivity contribution >= 4 is 40.8 Å². The molecule has 3 rings (SSSR count). The molecule has 3 N–H and O–H groups in total.